The van der Waals surface area contributed by atoms with Gasteiger partial charge in [-0.1, -0.05) is 30.0 Å². The second-order valence-corrected chi connectivity index (χ2v) is 8.83. The molecule has 0 aliphatic carbocycles. The molecule has 6 nitrogen and oxygen atoms in total. The molecule has 1 N–H and O–H groups in total. The van der Waals surface area contributed by atoms with E-state index in [-0.39, 0.29) is 17.6 Å². The van der Waals surface area contributed by atoms with Gasteiger partial charge >= 0.3 is 0 Å². The van der Waals surface area contributed by atoms with Crippen molar-refractivity contribution in [3.05, 3.63) is 53.6 Å². The molecule has 0 spiro atoms. The number of nitrogens with zero attached hydrogens (tertiary/aromatic N) is 2. The van der Waals surface area contributed by atoms with Gasteiger partial charge in [-0.05, 0) is 49.2 Å². The fourth-order valence-electron chi connectivity index (χ4n) is 3.07. The van der Waals surface area contributed by atoms with Crippen LogP contribution in [0.4, 0.5) is 5.69 Å². The Labute approximate surface area is 177 Å². The number of fused-ring (bicyclic) bond motifs is 1. The third kappa shape index (κ3) is 4.43. The number of aromatic nitrogens is 1. The number of hydrogen-bond acceptors (Lipinski definition) is 6. The van der Waals surface area contributed by atoms with E-state index in [0.29, 0.717) is 22.4 Å². The van der Waals surface area contributed by atoms with Gasteiger partial charge in [-0.3, -0.25) is 9.59 Å². The average Bonchev–Trinajstić information content (AvgIpc) is 3.35. The maximum absolute atomic E-state index is 12.8. The molecule has 29 heavy (non-hydrogen) atoms. The fraction of sp³-hybridized carbons (Fsp3) is 0.286. The van der Waals surface area contributed by atoms with Crippen molar-refractivity contribution in [1.29, 1.82) is 0 Å². The van der Waals surface area contributed by atoms with Gasteiger partial charge in [0.25, 0.3) is 5.22 Å². The summed E-state index contributed by atoms with van der Waals surface area (Å²) >= 11 is 2.84. The van der Waals surface area contributed by atoms with Crippen LogP contribution in [0.2, 0.25) is 0 Å². The van der Waals surface area contributed by atoms with E-state index in [1.54, 1.807) is 16.7 Å². The lowest BCUT2D eigenvalue weighted by Crippen LogP contribution is -2.45. The Morgan fingerprint density at radius 2 is 2.07 bits per heavy atom. The van der Waals surface area contributed by atoms with Crippen LogP contribution in [0, 0.1) is 13.8 Å². The molecule has 3 aromatic rings. The van der Waals surface area contributed by atoms with Crippen molar-refractivity contribution in [3.8, 4) is 0 Å². The molecule has 2 aromatic carbocycles. The minimum Gasteiger partial charge on any atom is -0.431 e. The van der Waals surface area contributed by atoms with Crippen LogP contribution >= 0.6 is 23.5 Å². The van der Waals surface area contributed by atoms with Crippen molar-refractivity contribution >= 4 is 52.1 Å². The first-order valence-corrected chi connectivity index (χ1v) is 11.4. The highest BCUT2D eigenvalue weighted by atomic mass is 32.2. The van der Waals surface area contributed by atoms with Crippen molar-refractivity contribution in [3.63, 3.8) is 0 Å². The summed E-state index contributed by atoms with van der Waals surface area (Å²) in [6.07, 6.45) is 0. The van der Waals surface area contributed by atoms with Crippen molar-refractivity contribution in [1.82, 2.24) is 9.88 Å². The quantitative estimate of drug-likeness (QED) is 0.619. The number of nitrogens with one attached hydrogen (secondary N) is 1. The molecule has 0 saturated carbocycles. The molecule has 2 heterocycles. The molecule has 1 saturated heterocycles. The Morgan fingerprint density at radius 3 is 2.86 bits per heavy atom. The molecule has 1 unspecified atom stereocenters. The van der Waals surface area contributed by atoms with Gasteiger partial charge in [0, 0.05) is 11.4 Å². The zero-order valence-electron chi connectivity index (χ0n) is 16.2. The number of carbonyl (C=O) groups excluding carboxylic acids is 2. The summed E-state index contributed by atoms with van der Waals surface area (Å²) in [5, 5.41) is 3.41. The first-order chi connectivity index (χ1) is 14.0. The van der Waals surface area contributed by atoms with Crippen LogP contribution in [-0.4, -0.2) is 45.1 Å². The number of oxazole rings is 1. The summed E-state index contributed by atoms with van der Waals surface area (Å²) in [4.78, 5) is 31.5. The number of thioether (sulfide) groups is 2. The smallest absolute Gasteiger partial charge is 0.257 e. The topological polar surface area (TPSA) is 75.4 Å². The highest BCUT2D eigenvalue weighted by Crippen LogP contribution is 2.27. The minimum absolute atomic E-state index is 0.0949. The van der Waals surface area contributed by atoms with Gasteiger partial charge in [-0.15, -0.1) is 11.8 Å². The normalized spacial score (nSPS) is 16.3. The van der Waals surface area contributed by atoms with Gasteiger partial charge in [0.2, 0.25) is 11.8 Å². The Bertz CT molecular complexity index is 1030. The highest BCUT2D eigenvalue weighted by Gasteiger charge is 2.34. The molecule has 0 bridgehead atoms. The number of aryl methyl sites for hydroxylation is 2. The van der Waals surface area contributed by atoms with Gasteiger partial charge in [-0.25, -0.2) is 4.98 Å². The SMILES string of the molecule is Cc1ccc(NC(=O)C2CSCN2C(=O)CSc2nc3ccccc3o2)cc1C. The number of para-hydroxylation sites is 2. The molecule has 1 aliphatic rings. The van der Waals surface area contributed by atoms with Crippen LogP contribution in [0.15, 0.2) is 52.1 Å². The molecule has 1 aromatic heterocycles. The monoisotopic (exact) mass is 427 g/mol. The van der Waals surface area contributed by atoms with Crippen LogP contribution in [-0.2, 0) is 9.59 Å². The number of benzene rings is 2. The number of anilines is 1. The average molecular weight is 428 g/mol. The second kappa shape index (κ2) is 8.51. The predicted molar refractivity (Wildman–Crippen MR) is 117 cm³/mol. The van der Waals surface area contributed by atoms with Crippen LogP contribution in [0.25, 0.3) is 11.1 Å². The summed E-state index contributed by atoms with van der Waals surface area (Å²) in [6, 6.07) is 12.8. The molecule has 1 aliphatic heterocycles. The third-order valence-electron chi connectivity index (χ3n) is 4.87. The van der Waals surface area contributed by atoms with E-state index in [0.717, 1.165) is 16.8 Å². The van der Waals surface area contributed by atoms with E-state index in [1.165, 1.54) is 17.3 Å². The van der Waals surface area contributed by atoms with Crippen LogP contribution in [0.5, 0.6) is 0 Å². The first-order valence-electron chi connectivity index (χ1n) is 9.25. The predicted octanol–water partition coefficient (Wildman–Crippen LogP) is 4.08. The van der Waals surface area contributed by atoms with Crippen LogP contribution < -0.4 is 5.32 Å². The molecular weight excluding hydrogens is 406 g/mol. The summed E-state index contributed by atoms with van der Waals surface area (Å²) in [7, 11) is 0. The van der Waals surface area contributed by atoms with E-state index in [9.17, 15) is 9.59 Å². The van der Waals surface area contributed by atoms with Gasteiger partial charge in [0.1, 0.15) is 11.6 Å². The van der Waals surface area contributed by atoms with E-state index in [4.69, 9.17) is 4.42 Å². The lowest BCUT2D eigenvalue weighted by atomic mass is 10.1. The third-order valence-corrected chi connectivity index (χ3v) is 6.70. The van der Waals surface area contributed by atoms with Crippen molar-refractivity contribution in [2.75, 3.05) is 22.7 Å². The van der Waals surface area contributed by atoms with Crippen molar-refractivity contribution < 1.29 is 14.0 Å². The maximum atomic E-state index is 12.8. The molecule has 1 atom stereocenters. The number of carbonyl (C=O) groups is 2. The molecular formula is C21H21N3O3S2. The van der Waals surface area contributed by atoms with E-state index in [1.807, 2.05) is 56.3 Å². The largest absolute Gasteiger partial charge is 0.431 e. The summed E-state index contributed by atoms with van der Waals surface area (Å²) in [5.74, 6) is 1.04. The zero-order chi connectivity index (χ0) is 20.4. The van der Waals surface area contributed by atoms with Gasteiger partial charge in [0.15, 0.2) is 5.58 Å². The van der Waals surface area contributed by atoms with Gasteiger partial charge in [-0.2, -0.15) is 0 Å². The summed E-state index contributed by atoms with van der Waals surface area (Å²) in [6.45, 7) is 4.04. The first kappa shape index (κ1) is 19.8. The summed E-state index contributed by atoms with van der Waals surface area (Å²) in [5.41, 5.74) is 4.51. The Balaban J connectivity index is 1.38. The maximum Gasteiger partial charge on any atom is 0.257 e. The molecule has 4 rings (SSSR count). The van der Waals surface area contributed by atoms with Crippen LogP contribution in [0.1, 0.15) is 11.1 Å². The standard InChI is InChI=1S/C21H21N3O3S2/c1-13-7-8-15(9-14(13)2)22-20(26)17-10-28-12-24(17)19(25)11-29-21-23-16-5-3-4-6-18(16)27-21/h3-9,17H,10-12H2,1-2H3,(H,22,26). The Hall–Kier alpha value is -2.45. The lowest BCUT2D eigenvalue weighted by Gasteiger charge is -2.23. The highest BCUT2D eigenvalue weighted by molar-refractivity contribution is 8.00. The van der Waals surface area contributed by atoms with Gasteiger partial charge in [0.05, 0.1) is 11.6 Å². The molecule has 1 fully saturated rings. The number of rotatable bonds is 5. The number of hydrogen-bond donors (Lipinski definition) is 1. The lowest BCUT2D eigenvalue weighted by molar-refractivity contribution is -0.134. The van der Waals surface area contributed by atoms with Crippen molar-refractivity contribution in [2.24, 2.45) is 0 Å². The van der Waals surface area contributed by atoms with Crippen LogP contribution in [0.3, 0.4) is 0 Å². The van der Waals surface area contributed by atoms with Crippen molar-refractivity contribution in [2.45, 2.75) is 25.1 Å². The Kier molecular flexibility index (Phi) is 5.82. The van der Waals surface area contributed by atoms with E-state index < -0.39 is 6.04 Å². The molecule has 0 radical (unpaired) electrons. The molecule has 2 amide bonds. The van der Waals surface area contributed by atoms with E-state index in [2.05, 4.69) is 10.3 Å². The minimum atomic E-state index is -0.474. The zero-order valence-corrected chi connectivity index (χ0v) is 17.8. The summed E-state index contributed by atoms with van der Waals surface area (Å²) < 4.78 is 5.65. The number of amides is 2. The van der Waals surface area contributed by atoms with E-state index >= 15 is 0 Å². The van der Waals surface area contributed by atoms with Gasteiger partial charge < -0.3 is 14.6 Å². The fourth-order valence-corrected chi connectivity index (χ4v) is 4.97. The molecule has 150 valence electrons. The molecule has 8 heteroatoms. The second-order valence-electron chi connectivity index (χ2n) is 6.90. The Morgan fingerprint density at radius 1 is 1.24 bits per heavy atom.